The van der Waals surface area contributed by atoms with Crippen LogP contribution >= 0.6 is 0 Å². The molecule has 2 aromatic heterocycles. The fourth-order valence-electron chi connectivity index (χ4n) is 10.4. The molecule has 0 spiro atoms. The first-order chi connectivity index (χ1) is 34.2. The Labute approximate surface area is 404 Å². The minimum atomic E-state index is -2.96. The van der Waals surface area contributed by atoms with Crippen molar-refractivity contribution in [3.63, 3.8) is 0 Å². The first kappa shape index (κ1) is 41.6. The van der Waals surface area contributed by atoms with Crippen LogP contribution in [0.15, 0.2) is 285 Å². The Morgan fingerprint density at radius 2 is 0.696 bits per heavy atom. The van der Waals surface area contributed by atoms with Gasteiger partial charge >= 0.3 is 0 Å². The van der Waals surface area contributed by atoms with Crippen LogP contribution in [-0.4, -0.2) is 17.6 Å². The molecule has 0 aliphatic rings. The highest BCUT2D eigenvalue weighted by Gasteiger charge is 2.42. The number of aromatic nitrogens is 2. The van der Waals surface area contributed by atoms with Crippen LogP contribution in [-0.2, 0) is 0 Å². The van der Waals surface area contributed by atoms with Crippen LogP contribution in [0.5, 0.6) is 0 Å². The fraction of sp³-hybridized carbons (Fsp3) is 0. The van der Waals surface area contributed by atoms with Gasteiger partial charge in [-0.05, 0) is 115 Å². The number of hydrogen-bond donors (Lipinski definition) is 0. The molecule has 69 heavy (non-hydrogen) atoms. The molecule has 0 aliphatic heterocycles. The largest absolute Gasteiger partial charge is 0.311 e. The van der Waals surface area contributed by atoms with Crippen molar-refractivity contribution in [1.82, 2.24) is 9.55 Å². The molecule has 3 nitrogen and oxygen atoms in total. The summed E-state index contributed by atoms with van der Waals surface area (Å²) in [6.45, 7) is 0. The Morgan fingerprint density at radius 1 is 0.304 bits per heavy atom. The molecule has 0 radical (unpaired) electrons. The summed E-state index contributed by atoms with van der Waals surface area (Å²) in [5, 5.41) is 7.68. The van der Waals surface area contributed by atoms with Gasteiger partial charge in [-0.2, -0.15) is 0 Å². The normalized spacial score (nSPS) is 11.5. The van der Waals surface area contributed by atoms with E-state index in [1.165, 1.54) is 53.8 Å². The van der Waals surface area contributed by atoms with E-state index in [2.05, 4.69) is 287 Å². The zero-order valence-corrected chi connectivity index (χ0v) is 39.0. The van der Waals surface area contributed by atoms with Gasteiger partial charge in [-0.3, -0.25) is 4.98 Å². The summed E-state index contributed by atoms with van der Waals surface area (Å²) in [5.74, 6) is 0. The van der Waals surface area contributed by atoms with Crippen molar-refractivity contribution in [3.05, 3.63) is 285 Å². The maximum Gasteiger partial charge on any atom is 0.179 e. The molecule has 10 aromatic carbocycles. The molecule has 0 amide bonds. The lowest BCUT2D eigenvalue weighted by Gasteiger charge is -2.35. The molecule has 0 fully saturated rings. The second-order valence-corrected chi connectivity index (χ2v) is 21.4. The van der Waals surface area contributed by atoms with Crippen molar-refractivity contribution in [1.29, 1.82) is 0 Å². The molecular weight excluding hydrogens is 851 g/mol. The van der Waals surface area contributed by atoms with E-state index in [1.54, 1.807) is 0 Å². The van der Waals surface area contributed by atoms with Gasteiger partial charge in [-0.25, -0.2) is 0 Å². The third-order valence-corrected chi connectivity index (χ3v) is 18.4. The highest BCUT2D eigenvalue weighted by molar-refractivity contribution is 7.20. The SMILES string of the molecule is c1ccc(-c2ccc(N(c3ccc(-c4ccccc4)cc3)c3ccc(-c4cc(-n5c6ccccc6c6ccncc65)cc([Si](c5ccccc5)(c5ccccc5)c5ccccc5)c4)cc3)cc2)cc1. The summed E-state index contributed by atoms with van der Waals surface area (Å²) in [6.07, 6.45) is 3.92. The van der Waals surface area contributed by atoms with Crippen LogP contribution in [0.3, 0.4) is 0 Å². The van der Waals surface area contributed by atoms with Crippen molar-refractivity contribution in [2.24, 2.45) is 0 Å². The molecule has 0 bridgehead atoms. The number of hydrogen-bond acceptors (Lipinski definition) is 2. The van der Waals surface area contributed by atoms with Gasteiger partial charge in [0.1, 0.15) is 0 Å². The van der Waals surface area contributed by atoms with Gasteiger partial charge < -0.3 is 9.47 Å². The molecule has 0 saturated carbocycles. The molecule has 326 valence electrons. The van der Waals surface area contributed by atoms with E-state index in [9.17, 15) is 0 Å². The average molecular weight is 898 g/mol. The van der Waals surface area contributed by atoms with Gasteiger partial charge in [-0.1, -0.05) is 212 Å². The van der Waals surface area contributed by atoms with Gasteiger partial charge in [0.05, 0.1) is 17.2 Å². The second kappa shape index (κ2) is 18.1. The highest BCUT2D eigenvalue weighted by atomic mass is 28.3. The van der Waals surface area contributed by atoms with Gasteiger partial charge in [0, 0.05) is 39.7 Å². The summed E-state index contributed by atoms with van der Waals surface area (Å²) in [5.41, 5.74) is 13.6. The molecule has 12 aromatic rings. The Morgan fingerprint density at radius 3 is 1.17 bits per heavy atom. The summed E-state index contributed by atoms with van der Waals surface area (Å²) in [4.78, 5) is 7.05. The lowest BCUT2D eigenvalue weighted by atomic mass is 10.0. The van der Waals surface area contributed by atoms with Gasteiger partial charge in [0.2, 0.25) is 0 Å². The molecular formula is C65H47N3Si. The van der Waals surface area contributed by atoms with Crippen molar-refractivity contribution in [2.75, 3.05) is 4.90 Å². The Hall–Kier alpha value is -8.83. The van der Waals surface area contributed by atoms with E-state index >= 15 is 0 Å². The molecule has 0 atom stereocenters. The van der Waals surface area contributed by atoms with Crippen molar-refractivity contribution >= 4 is 67.7 Å². The lowest BCUT2D eigenvalue weighted by molar-refractivity contribution is 1.17. The van der Waals surface area contributed by atoms with Crippen molar-refractivity contribution < 1.29 is 0 Å². The summed E-state index contributed by atoms with van der Waals surface area (Å²) in [7, 11) is -2.96. The van der Waals surface area contributed by atoms with E-state index < -0.39 is 8.07 Å². The highest BCUT2D eigenvalue weighted by Crippen LogP contribution is 2.39. The van der Waals surface area contributed by atoms with Crippen LogP contribution in [0.2, 0.25) is 0 Å². The Bertz CT molecular complexity index is 3440. The number of rotatable bonds is 11. The van der Waals surface area contributed by atoms with Crippen LogP contribution in [0.25, 0.3) is 60.9 Å². The van der Waals surface area contributed by atoms with Crippen molar-refractivity contribution in [2.45, 2.75) is 0 Å². The molecule has 0 N–H and O–H groups in total. The van der Waals surface area contributed by atoms with Crippen LogP contribution in [0.1, 0.15) is 0 Å². The van der Waals surface area contributed by atoms with Crippen LogP contribution < -0.4 is 25.6 Å². The zero-order chi connectivity index (χ0) is 46.0. The van der Waals surface area contributed by atoms with Crippen molar-refractivity contribution in [3.8, 4) is 39.1 Å². The smallest absolute Gasteiger partial charge is 0.179 e. The number of fused-ring (bicyclic) bond motifs is 3. The molecule has 0 saturated heterocycles. The maximum atomic E-state index is 4.69. The topological polar surface area (TPSA) is 21.1 Å². The maximum absolute atomic E-state index is 4.69. The first-order valence-corrected chi connectivity index (χ1v) is 25.6. The minimum absolute atomic E-state index is 1.07. The first-order valence-electron chi connectivity index (χ1n) is 23.6. The van der Waals surface area contributed by atoms with Gasteiger partial charge in [-0.15, -0.1) is 0 Å². The third kappa shape index (κ3) is 7.63. The summed E-state index contributed by atoms with van der Waals surface area (Å²) < 4.78 is 2.42. The van der Waals surface area contributed by atoms with E-state index in [0.29, 0.717) is 0 Å². The number of pyridine rings is 1. The predicted molar refractivity (Wildman–Crippen MR) is 293 cm³/mol. The van der Waals surface area contributed by atoms with E-state index in [0.717, 1.165) is 44.9 Å². The number of para-hydroxylation sites is 1. The Balaban J connectivity index is 1.06. The van der Waals surface area contributed by atoms with E-state index in [-0.39, 0.29) is 0 Å². The number of nitrogens with zero attached hydrogens (tertiary/aromatic N) is 3. The zero-order valence-electron chi connectivity index (χ0n) is 38.0. The van der Waals surface area contributed by atoms with Crippen LogP contribution in [0.4, 0.5) is 17.1 Å². The number of anilines is 3. The molecule has 0 unspecified atom stereocenters. The molecule has 4 heteroatoms. The van der Waals surface area contributed by atoms with Gasteiger partial charge in [0.15, 0.2) is 8.07 Å². The quantitative estimate of drug-likeness (QED) is 0.0953. The molecule has 0 aliphatic carbocycles. The Kier molecular flexibility index (Phi) is 10.9. The fourth-order valence-corrected chi connectivity index (χ4v) is 15.2. The summed E-state index contributed by atoms with van der Waals surface area (Å²) >= 11 is 0. The number of benzene rings is 10. The standard InChI is InChI=1S/C65H47N3Si/c1-6-18-48(19-7-1)50-30-36-54(37-31-50)67(55-38-32-51(33-39-55)49-20-8-2-9-21-49)56-40-34-52(35-41-56)53-44-57(68-64-29-17-16-28-62(64)63-42-43-66-47-65(63)68)46-61(45-53)69(58-22-10-3-11-23-58,59-24-12-4-13-25-59)60-26-14-5-15-27-60/h1-47H. The average Bonchev–Trinajstić information content (AvgIpc) is 3.78. The molecule has 2 heterocycles. The predicted octanol–water partition coefficient (Wildman–Crippen LogP) is 14.0. The second-order valence-electron chi connectivity index (χ2n) is 17.6. The van der Waals surface area contributed by atoms with E-state index in [4.69, 9.17) is 0 Å². The third-order valence-electron chi connectivity index (χ3n) is 13.6. The lowest BCUT2D eigenvalue weighted by Crippen LogP contribution is -2.74. The van der Waals surface area contributed by atoms with E-state index in [1.807, 2.05) is 12.4 Å². The van der Waals surface area contributed by atoms with Crippen LogP contribution in [0, 0.1) is 0 Å². The monoisotopic (exact) mass is 897 g/mol. The molecule has 12 rings (SSSR count). The summed E-state index contributed by atoms with van der Waals surface area (Å²) in [6, 6.07) is 100.0. The van der Waals surface area contributed by atoms with Gasteiger partial charge in [0.25, 0.3) is 0 Å². The minimum Gasteiger partial charge on any atom is -0.311 e.